The van der Waals surface area contributed by atoms with Crippen molar-refractivity contribution >= 4 is 5.97 Å². The maximum Gasteiger partial charge on any atom is 0.309 e. The van der Waals surface area contributed by atoms with Gasteiger partial charge in [0, 0.05) is 0 Å². The third kappa shape index (κ3) is 2.48. The summed E-state index contributed by atoms with van der Waals surface area (Å²) in [5.74, 6) is -0.137. The molecule has 0 aromatic carbocycles. The minimum atomic E-state index is -0.599. The zero-order valence-corrected chi connectivity index (χ0v) is 7.16. The third-order valence-electron chi connectivity index (χ3n) is 2.17. The van der Waals surface area contributed by atoms with Crippen LogP contribution in [0, 0.1) is 12.8 Å². The Bertz CT molecular complexity index is 150. The van der Waals surface area contributed by atoms with Crippen LogP contribution < -0.4 is 0 Å². The van der Waals surface area contributed by atoms with E-state index in [0.717, 1.165) is 25.7 Å². The Morgan fingerprint density at radius 3 is 2.67 bits per heavy atom. The Morgan fingerprint density at radius 2 is 2.17 bits per heavy atom. The molecule has 1 rings (SSSR count). The molecule has 1 N–H and O–H groups in total. The van der Waals surface area contributed by atoms with Crippen molar-refractivity contribution in [2.75, 3.05) is 6.61 Å². The van der Waals surface area contributed by atoms with Crippen LogP contribution in [0.15, 0.2) is 0 Å². The number of hydrogen-bond donors (Lipinski definition) is 1. The second-order valence-corrected chi connectivity index (χ2v) is 3.22. The van der Waals surface area contributed by atoms with Gasteiger partial charge in [-0.3, -0.25) is 4.79 Å². The minimum Gasteiger partial charge on any atom is -0.460 e. The largest absolute Gasteiger partial charge is 0.460 e. The van der Waals surface area contributed by atoms with Crippen LogP contribution in [0.25, 0.3) is 0 Å². The fourth-order valence-corrected chi connectivity index (χ4v) is 1.46. The Kier molecular flexibility index (Phi) is 3.53. The van der Waals surface area contributed by atoms with E-state index in [4.69, 9.17) is 9.84 Å². The van der Waals surface area contributed by atoms with E-state index in [0.29, 0.717) is 0 Å². The maximum atomic E-state index is 11.2. The molecule has 0 bridgehead atoms. The molecule has 1 atom stereocenters. The molecular weight excluding hydrogens is 156 g/mol. The Balaban J connectivity index is 2.27. The topological polar surface area (TPSA) is 46.5 Å². The normalized spacial score (nSPS) is 20.8. The summed E-state index contributed by atoms with van der Waals surface area (Å²) in [4.78, 5) is 11.2. The van der Waals surface area contributed by atoms with E-state index in [1.54, 1.807) is 0 Å². The van der Waals surface area contributed by atoms with Crippen LogP contribution in [0.5, 0.6) is 0 Å². The highest BCUT2D eigenvalue weighted by atomic mass is 16.6. The quantitative estimate of drug-likeness (QED) is 0.642. The SMILES string of the molecule is [CH2]C(CO)OC(=O)C1CCCC1. The first kappa shape index (κ1) is 9.52. The van der Waals surface area contributed by atoms with Crippen molar-refractivity contribution in [3.63, 3.8) is 0 Å². The van der Waals surface area contributed by atoms with Crippen molar-refractivity contribution in [2.24, 2.45) is 5.92 Å². The molecule has 1 aliphatic rings. The Hall–Kier alpha value is -0.570. The summed E-state index contributed by atoms with van der Waals surface area (Å²) in [6, 6.07) is 0. The van der Waals surface area contributed by atoms with Crippen LogP contribution in [-0.4, -0.2) is 23.8 Å². The highest BCUT2D eigenvalue weighted by molar-refractivity contribution is 5.72. The summed E-state index contributed by atoms with van der Waals surface area (Å²) in [5, 5.41) is 8.59. The van der Waals surface area contributed by atoms with Gasteiger partial charge in [0.1, 0.15) is 6.10 Å². The molecule has 1 fully saturated rings. The molecule has 69 valence electrons. The fraction of sp³-hybridized carbons (Fsp3) is 0.778. The zero-order chi connectivity index (χ0) is 8.97. The lowest BCUT2D eigenvalue weighted by molar-refractivity contribution is -0.153. The van der Waals surface area contributed by atoms with Crippen molar-refractivity contribution in [2.45, 2.75) is 31.8 Å². The number of hydrogen-bond acceptors (Lipinski definition) is 3. The lowest BCUT2D eigenvalue weighted by atomic mass is 10.1. The highest BCUT2D eigenvalue weighted by Gasteiger charge is 2.25. The minimum absolute atomic E-state index is 0.0563. The van der Waals surface area contributed by atoms with E-state index < -0.39 is 6.10 Å². The van der Waals surface area contributed by atoms with Gasteiger partial charge in [-0.25, -0.2) is 0 Å². The van der Waals surface area contributed by atoms with Gasteiger partial charge < -0.3 is 9.84 Å². The van der Waals surface area contributed by atoms with Gasteiger partial charge in [0.25, 0.3) is 0 Å². The number of ether oxygens (including phenoxy) is 1. The number of rotatable bonds is 3. The molecule has 3 heteroatoms. The molecule has 0 spiro atoms. The zero-order valence-electron chi connectivity index (χ0n) is 7.16. The van der Waals surface area contributed by atoms with Gasteiger partial charge in [0.05, 0.1) is 12.5 Å². The van der Waals surface area contributed by atoms with Crippen molar-refractivity contribution in [1.29, 1.82) is 0 Å². The molecule has 0 amide bonds. The number of esters is 1. The summed E-state index contributed by atoms with van der Waals surface area (Å²) in [5.41, 5.74) is 0. The van der Waals surface area contributed by atoms with E-state index in [-0.39, 0.29) is 18.5 Å². The second-order valence-electron chi connectivity index (χ2n) is 3.22. The molecule has 3 nitrogen and oxygen atoms in total. The molecule has 0 saturated heterocycles. The molecule has 12 heavy (non-hydrogen) atoms. The van der Waals surface area contributed by atoms with Gasteiger partial charge in [-0.1, -0.05) is 12.8 Å². The van der Waals surface area contributed by atoms with Crippen molar-refractivity contribution in [3.8, 4) is 0 Å². The van der Waals surface area contributed by atoms with Crippen LogP contribution in [0.1, 0.15) is 25.7 Å². The predicted molar refractivity (Wildman–Crippen MR) is 44.3 cm³/mol. The summed E-state index contributed by atoms with van der Waals surface area (Å²) in [7, 11) is 0. The van der Waals surface area contributed by atoms with Crippen LogP contribution in [0.4, 0.5) is 0 Å². The Labute approximate surface area is 72.7 Å². The van der Waals surface area contributed by atoms with Gasteiger partial charge in [0.15, 0.2) is 0 Å². The first-order chi connectivity index (χ1) is 5.74. The average Bonchev–Trinajstić information content (AvgIpc) is 2.56. The van der Waals surface area contributed by atoms with Gasteiger partial charge in [-0.05, 0) is 19.8 Å². The predicted octanol–water partition coefficient (Wildman–Crippen LogP) is 0.915. The fourth-order valence-electron chi connectivity index (χ4n) is 1.46. The average molecular weight is 171 g/mol. The van der Waals surface area contributed by atoms with Gasteiger partial charge >= 0.3 is 5.97 Å². The molecule has 1 saturated carbocycles. The third-order valence-corrected chi connectivity index (χ3v) is 2.17. The molecule has 1 unspecified atom stereocenters. The van der Waals surface area contributed by atoms with E-state index in [1.807, 2.05) is 0 Å². The summed E-state index contributed by atoms with van der Waals surface area (Å²) >= 11 is 0. The lowest BCUT2D eigenvalue weighted by Gasteiger charge is -2.13. The van der Waals surface area contributed by atoms with Crippen LogP contribution >= 0.6 is 0 Å². The number of carbonyl (C=O) groups is 1. The van der Waals surface area contributed by atoms with Crippen molar-refractivity contribution in [3.05, 3.63) is 6.92 Å². The lowest BCUT2D eigenvalue weighted by Crippen LogP contribution is -2.23. The van der Waals surface area contributed by atoms with Crippen molar-refractivity contribution < 1.29 is 14.6 Å². The standard InChI is InChI=1S/C9H15O3/c1-7(6-10)12-9(11)8-4-2-3-5-8/h7-8,10H,1-6H2. The second kappa shape index (κ2) is 4.45. The maximum absolute atomic E-state index is 11.2. The molecule has 0 aliphatic heterocycles. The van der Waals surface area contributed by atoms with Gasteiger partial charge in [-0.15, -0.1) is 0 Å². The smallest absolute Gasteiger partial charge is 0.309 e. The van der Waals surface area contributed by atoms with Crippen LogP contribution in [0.2, 0.25) is 0 Å². The monoisotopic (exact) mass is 171 g/mol. The van der Waals surface area contributed by atoms with Gasteiger partial charge in [0.2, 0.25) is 0 Å². The summed E-state index contributed by atoms with van der Waals surface area (Å²) in [6.07, 6.45) is 3.48. The number of aliphatic hydroxyl groups is 1. The van der Waals surface area contributed by atoms with E-state index in [1.165, 1.54) is 0 Å². The molecule has 0 aromatic rings. The van der Waals surface area contributed by atoms with Crippen LogP contribution in [0.3, 0.4) is 0 Å². The number of carbonyl (C=O) groups excluding carboxylic acids is 1. The van der Waals surface area contributed by atoms with E-state index >= 15 is 0 Å². The molecule has 0 heterocycles. The van der Waals surface area contributed by atoms with Gasteiger partial charge in [-0.2, -0.15) is 0 Å². The summed E-state index contributed by atoms with van der Waals surface area (Å²) in [6.45, 7) is 3.28. The molecule has 1 aliphatic carbocycles. The summed E-state index contributed by atoms with van der Waals surface area (Å²) < 4.78 is 4.88. The Morgan fingerprint density at radius 1 is 1.58 bits per heavy atom. The first-order valence-electron chi connectivity index (χ1n) is 4.38. The molecule has 0 aromatic heterocycles. The van der Waals surface area contributed by atoms with E-state index in [9.17, 15) is 4.79 Å². The molecule has 1 radical (unpaired) electrons. The van der Waals surface area contributed by atoms with Crippen molar-refractivity contribution in [1.82, 2.24) is 0 Å². The van der Waals surface area contributed by atoms with E-state index in [2.05, 4.69) is 6.92 Å². The highest BCUT2D eigenvalue weighted by Crippen LogP contribution is 2.25. The first-order valence-corrected chi connectivity index (χ1v) is 4.38. The number of aliphatic hydroxyl groups excluding tert-OH is 1. The molecular formula is C9H15O3. The van der Waals surface area contributed by atoms with Crippen LogP contribution in [-0.2, 0) is 9.53 Å².